The van der Waals surface area contributed by atoms with Gasteiger partial charge in [-0.3, -0.25) is 19.7 Å². The van der Waals surface area contributed by atoms with Crippen LogP contribution in [0.1, 0.15) is 32.7 Å². The van der Waals surface area contributed by atoms with Crippen LogP contribution < -0.4 is 5.32 Å². The van der Waals surface area contributed by atoms with Crippen molar-refractivity contribution >= 4 is 23.1 Å². The van der Waals surface area contributed by atoms with Crippen LogP contribution >= 0.6 is 0 Å². The average molecular weight is 372 g/mol. The van der Waals surface area contributed by atoms with Crippen molar-refractivity contribution in [2.45, 2.75) is 12.8 Å². The Bertz CT molecular complexity index is 1110. The number of rotatable bonds is 4. The summed E-state index contributed by atoms with van der Waals surface area (Å²) in [6, 6.07) is 19.1. The number of Topliss-reactive ketones (excluding diaryl/α,β-unsaturated/α-hetero) is 1. The highest BCUT2D eigenvalue weighted by atomic mass is 16.6. The molecule has 0 saturated heterocycles. The minimum absolute atomic E-state index is 0.0364. The molecule has 0 radical (unpaired) electrons. The van der Waals surface area contributed by atoms with Gasteiger partial charge in [0.15, 0.2) is 5.78 Å². The third-order valence-electron chi connectivity index (χ3n) is 4.87. The van der Waals surface area contributed by atoms with Crippen molar-refractivity contribution in [3.8, 4) is 11.1 Å². The van der Waals surface area contributed by atoms with Gasteiger partial charge in [0.1, 0.15) is 5.56 Å². The first-order chi connectivity index (χ1) is 13.6. The predicted molar refractivity (Wildman–Crippen MR) is 106 cm³/mol. The third kappa shape index (κ3) is 3.05. The molecule has 3 aromatic carbocycles. The zero-order valence-electron chi connectivity index (χ0n) is 14.8. The SMILES string of the molecule is O=C(Nc1ccc(-c2ccccc2)c2c1C(=O)CC2)c1ccccc1[N+](=O)[O-]. The lowest BCUT2D eigenvalue weighted by atomic mass is 9.95. The maximum absolute atomic E-state index is 12.7. The van der Waals surface area contributed by atoms with Crippen molar-refractivity contribution < 1.29 is 14.5 Å². The van der Waals surface area contributed by atoms with Crippen LogP contribution in [-0.2, 0) is 6.42 Å². The molecule has 1 amide bonds. The largest absolute Gasteiger partial charge is 0.321 e. The van der Waals surface area contributed by atoms with Gasteiger partial charge in [-0.15, -0.1) is 0 Å². The van der Waals surface area contributed by atoms with E-state index in [0.29, 0.717) is 24.1 Å². The number of amides is 1. The van der Waals surface area contributed by atoms with Crippen LogP contribution in [-0.4, -0.2) is 16.6 Å². The number of nitrogens with one attached hydrogen (secondary N) is 1. The van der Waals surface area contributed by atoms with E-state index < -0.39 is 10.8 Å². The van der Waals surface area contributed by atoms with Crippen molar-refractivity contribution in [2.75, 3.05) is 5.32 Å². The number of ketones is 1. The van der Waals surface area contributed by atoms with Crippen LogP contribution in [0.3, 0.4) is 0 Å². The minimum Gasteiger partial charge on any atom is -0.321 e. The fraction of sp³-hybridized carbons (Fsp3) is 0.0909. The summed E-state index contributed by atoms with van der Waals surface area (Å²) in [6.07, 6.45) is 0.987. The number of nitrogens with zero attached hydrogens (tertiary/aromatic N) is 1. The van der Waals surface area contributed by atoms with E-state index in [4.69, 9.17) is 0 Å². The smallest absolute Gasteiger partial charge is 0.282 e. The van der Waals surface area contributed by atoms with Gasteiger partial charge in [0.2, 0.25) is 0 Å². The zero-order valence-corrected chi connectivity index (χ0v) is 14.8. The van der Waals surface area contributed by atoms with E-state index in [-0.39, 0.29) is 17.0 Å². The number of fused-ring (bicyclic) bond motifs is 1. The summed E-state index contributed by atoms with van der Waals surface area (Å²) < 4.78 is 0. The second-order valence-electron chi connectivity index (χ2n) is 6.53. The lowest BCUT2D eigenvalue weighted by molar-refractivity contribution is -0.385. The molecular formula is C22H16N2O4. The summed E-state index contributed by atoms with van der Waals surface area (Å²) in [5, 5.41) is 13.9. The zero-order chi connectivity index (χ0) is 19.7. The molecule has 0 bridgehead atoms. The second kappa shape index (κ2) is 7.08. The van der Waals surface area contributed by atoms with Gasteiger partial charge in [-0.25, -0.2) is 0 Å². The maximum Gasteiger partial charge on any atom is 0.282 e. The highest BCUT2D eigenvalue weighted by Crippen LogP contribution is 2.37. The first-order valence-electron chi connectivity index (χ1n) is 8.85. The molecule has 0 fully saturated rings. The number of anilines is 1. The molecule has 0 saturated carbocycles. The monoisotopic (exact) mass is 372 g/mol. The molecule has 0 heterocycles. The van der Waals surface area contributed by atoms with E-state index in [1.807, 2.05) is 36.4 Å². The van der Waals surface area contributed by atoms with Crippen LogP contribution in [0.4, 0.5) is 11.4 Å². The molecule has 1 aliphatic carbocycles. The van der Waals surface area contributed by atoms with Gasteiger partial charge in [0.25, 0.3) is 11.6 Å². The summed E-state index contributed by atoms with van der Waals surface area (Å²) in [6.45, 7) is 0. The summed E-state index contributed by atoms with van der Waals surface area (Å²) >= 11 is 0. The third-order valence-corrected chi connectivity index (χ3v) is 4.87. The standard InChI is InChI=1S/C22H16N2O4/c25-20-13-11-16-15(14-6-2-1-3-7-14)10-12-18(21(16)20)23-22(26)17-8-4-5-9-19(17)24(27)28/h1-10,12H,11,13H2,(H,23,26). The van der Waals surface area contributed by atoms with Crippen molar-refractivity contribution in [3.05, 3.63) is 93.5 Å². The molecule has 138 valence electrons. The van der Waals surface area contributed by atoms with E-state index in [1.165, 1.54) is 18.2 Å². The summed E-state index contributed by atoms with van der Waals surface area (Å²) in [5.41, 5.74) is 3.43. The van der Waals surface area contributed by atoms with Crippen molar-refractivity contribution in [2.24, 2.45) is 0 Å². The van der Waals surface area contributed by atoms with Crippen molar-refractivity contribution in [1.29, 1.82) is 0 Å². The Kier molecular flexibility index (Phi) is 4.45. The predicted octanol–water partition coefficient (Wildman–Crippen LogP) is 4.64. The van der Waals surface area contributed by atoms with E-state index in [9.17, 15) is 19.7 Å². The first-order valence-corrected chi connectivity index (χ1v) is 8.85. The van der Waals surface area contributed by atoms with E-state index >= 15 is 0 Å². The topological polar surface area (TPSA) is 89.3 Å². The minimum atomic E-state index is -0.610. The van der Waals surface area contributed by atoms with Crippen molar-refractivity contribution in [1.82, 2.24) is 0 Å². The van der Waals surface area contributed by atoms with Gasteiger partial charge in [0, 0.05) is 18.1 Å². The van der Waals surface area contributed by atoms with Gasteiger partial charge in [-0.05, 0) is 35.2 Å². The Labute approximate surface area is 161 Å². The highest BCUT2D eigenvalue weighted by Gasteiger charge is 2.28. The average Bonchev–Trinajstić information content (AvgIpc) is 3.11. The summed E-state index contributed by atoms with van der Waals surface area (Å²) in [4.78, 5) is 35.8. The van der Waals surface area contributed by atoms with Crippen LogP contribution in [0.2, 0.25) is 0 Å². The number of carbonyl (C=O) groups is 2. The number of nitro benzene ring substituents is 1. The van der Waals surface area contributed by atoms with Gasteiger partial charge in [0.05, 0.1) is 10.6 Å². The molecule has 4 rings (SSSR count). The molecule has 0 aromatic heterocycles. The number of carbonyl (C=O) groups excluding carboxylic acids is 2. The quantitative estimate of drug-likeness (QED) is 0.533. The van der Waals surface area contributed by atoms with E-state index in [0.717, 1.165) is 16.7 Å². The number of benzene rings is 3. The summed E-state index contributed by atoms with van der Waals surface area (Å²) in [7, 11) is 0. The lowest BCUT2D eigenvalue weighted by Gasteiger charge is -2.14. The molecule has 1 aliphatic rings. The van der Waals surface area contributed by atoms with Crippen LogP contribution in [0.5, 0.6) is 0 Å². The molecule has 28 heavy (non-hydrogen) atoms. The Balaban J connectivity index is 1.74. The van der Waals surface area contributed by atoms with Gasteiger partial charge >= 0.3 is 0 Å². The first kappa shape index (κ1) is 17.6. The molecule has 6 nitrogen and oxygen atoms in total. The van der Waals surface area contributed by atoms with Crippen LogP contribution in [0.15, 0.2) is 66.7 Å². The van der Waals surface area contributed by atoms with Crippen molar-refractivity contribution in [3.63, 3.8) is 0 Å². The number of nitro groups is 1. The Morgan fingerprint density at radius 1 is 0.929 bits per heavy atom. The second-order valence-corrected chi connectivity index (χ2v) is 6.53. The fourth-order valence-electron chi connectivity index (χ4n) is 3.60. The highest BCUT2D eigenvalue weighted by molar-refractivity contribution is 6.13. The fourth-order valence-corrected chi connectivity index (χ4v) is 3.60. The van der Waals surface area contributed by atoms with Gasteiger partial charge in [-0.2, -0.15) is 0 Å². The number of hydrogen-bond acceptors (Lipinski definition) is 4. The lowest BCUT2D eigenvalue weighted by Crippen LogP contribution is -2.16. The number of hydrogen-bond donors (Lipinski definition) is 1. The molecule has 1 N–H and O–H groups in total. The number of para-hydroxylation sites is 1. The molecule has 0 unspecified atom stereocenters. The van der Waals surface area contributed by atoms with E-state index in [2.05, 4.69) is 5.32 Å². The molecule has 0 aliphatic heterocycles. The summed E-state index contributed by atoms with van der Waals surface area (Å²) in [5.74, 6) is -0.646. The molecule has 0 spiro atoms. The molecule has 6 heteroatoms. The Hall–Kier alpha value is -3.80. The maximum atomic E-state index is 12.7. The molecule has 0 atom stereocenters. The van der Waals surface area contributed by atoms with Crippen LogP contribution in [0, 0.1) is 10.1 Å². The van der Waals surface area contributed by atoms with Crippen LogP contribution in [0.25, 0.3) is 11.1 Å². The van der Waals surface area contributed by atoms with Gasteiger partial charge < -0.3 is 5.32 Å². The Morgan fingerprint density at radius 2 is 1.64 bits per heavy atom. The van der Waals surface area contributed by atoms with Gasteiger partial charge in [-0.1, -0.05) is 48.5 Å². The molecule has 3 aromatic rings. The normalized spacial score (nSPS) is 12.5. The Morgan fingerprint density at radius 3 is 2.39 bits per heavy atom. The molecular weight excluding hydrogens is 356 g/mol. The van der Waals surface area contributed by atoms with E-state index in [1.54, 1.807) is 12.1 Å².